The Morgan fingerprint density at radius 3 is 2.54 bits per heavy atom. The summed E-state index contributed by atoms with van der Waals surface area (Å²) in [4.78, 5) is 21.0. The van der Waals surface area contributed by atoms with Crippen LogP contribution < -0.4 is 10.6 Å². The van der Waals surface area contributed by atoms with Gasteiger partial charge in [-0.05, 0) is 31.2 Å². The fourth-order valence-electron chi connectivity index (χ4n) is 2.58. The summed E-state index contributed by atoms with van der Waals surface area (Å²) in [5.74, 6) is -0.0299. The standard InChI is InChI=1S/C19H17F3N4OS/c1-2-23-17-12-7-3-5-9-14(12)25-18(26-17)28-11-16(27)24-15-10-6-4-8-13(15)19(20,21)22/h3-10H,2,11H2,1H3,(H,24,27)(H,23,25,26). The molecule has 0 radical (unpaired) electrons. The molecule has 0 saturated carbocycles. The maximum Gasteiger partial charge on any atom is 0.418 e. The molecule has 1 amide bonds. The first kappa shape index (κ1) is 19.9. The highest BCUT2D eigenvalue weighted by atomic mass is 32.2. The van der Waals surface area contributed by atoms with Gasteiger partial charge >= 0.3 is 6.18 Å². The van der Waals surface area contributed by atoms with Gasteiger partial charge in [-0.2, -0.15) is 13.2 Å². The molecule has 28 heavy (non-hydrogen) atoms. The first-order chi connectivity index (χ1) is 13.4. The smallest absolute Gasteiger partial charge is 0.370 e. The molecule has 2 aromatic carbocycles. The number of rotatable bonds is 6. The van der Waals surface area contributed by atoms with Crippen molar-refractivity contribution in [3.8, 4) is 0 Å². The second kappa shape index (κ2) is 8.47. The van der Waals surface area contributed by atoms with Crippen LogP contribution in [0.5, 0.6) is 0 Å². The molecule has 3 rings (SSSR count). The molecule has 0 aliphatic rings. The van der Waals surface area contributed by atoms with Crippen LogP contribution in [0.2, 0.25) is 0 Å². The predicted molar refractivity (Wildman–Crippen MR) is 104 cm³/mol. The van der Waals surface area contributed by atoms with Crippen molar-refractivity contribution < 1.29 is 18.0 Å². The molecule has 5 nitrogen and oxygen atoms in total. The Morgan fingerprint density at radius 2 is 1.79 bits per heavy atom. The molecule has 1 heterocycles. The zero-order valence-corrected chi connectivity index (χ0v) is 15.7. The quantitative estimate of drug-likeness (QED) is 0.454. The minimum atomic E-state index is -4.54. The van der Waals surface area contributed by atoms with Crippen molar-refractivity contribution in [3.05, 3.63) is 54.1 Å². The lowest BCUT2D eigenvalue weighted by Gasteiger charge is -2.13. The van der Waals surface area contributed by atoms with E-state index in [0.717, 1.165) is 28.7 Å². The zero-order chi connectivity index (χ0) is 20.1. The summed E-state index contributed by atoms with van der Waals surface area (Å²) < 4.78 is 39.1. The summed E-state index contributed by atoms with van der Waals surface area (Å²) in [7, 11) is 0. The average Bonchev–Trinajstić information content (AvgIpc) is 2.66. The number of thioether (sulfide) groups is 1. The molecule has 0 atom stereocenters. The number of carbonyl (C=O) groups excluding carboxylic acids is 1. The van der Waals surface area contributed by atoms with Crippen LogP contribution in [0.1, 0.15) is 12.5 Å². The Bertz CT molecular complexity index is 994. The van der Waals surface area contributed by atoms with Gasteiger partial charge in [0.05, 0.1) is 22.5 Å². The van der Waals surface area contributed by atoms with Crippen LogP contribution in [-0.2, 0) is 11.0 Å². The van der Waals surface area contributed by atoms with E-state index in [2.05, 4.69) is 20.6 Å². The lowest BCUT2D eigenvalue weighted by Crippen LogP contribution is -2.18. The van der Waals surface area contributed by atoms with E-state index in [9.17, 15) is 18.0 Å². The Labute approximate surface area is 163 Å². The molecule has 2 N–H and O–H groups in total. The van der Waals surface area contributed by atoms with Gasteiger partial charge in [0.1, 0.15) is 5.82 Å². The summed E-state index contributed by atoms with van der Waals surface area (Å²) in [5.41, 5.74) is -0.433. The second-order valence-corrected chi connectivity index (χ2v) is 6.72. The van der Waals surface area contributed by atoms with Gasteiger partial charge in [-0.3, -0.25) is 4.79 Å². The summed E-state index contributed by atoms with van der Waals surface area (Å²) in [5, 5.41) is 6.69. The zero-order valence-electron chi connectivity index (χ0n) is 14.9. The van der Waals surface area contributed by atoms with Gasteiger partial charge in [-0.1, -0.05) is 36.0 Å². The number of halogens is 3. The highest BCUT2D eigenvalue weighted by Gasteiger charge is 2.33. The van der Waals surface area contributed by atoms with Gasteiger partial charge in [0.15, 0.2) is 5.16 Å². The van der Waals surface area contributed by atoms with Gasteiger partial charge in [-0.25, -0.2) is 9.97 Å². The molecule has 0 fully saturated rings. The van der Waals surface area contributed by atoms with Gasteiger partial charge in [0, 0.05) is 11.9 Å². The lowest BCUT2D eigenvalue weighted by atomic mass is 10.1. The summed E-state index contributed by atoms with van der Waals surface area (Å²) >= 11 is 1.06. The molecular weight excluding hydrogens is 389 g/mol. The van der Waals surface area contributed by atoms with Gasteiger partial charge < -0.3 is 10.6 Å². The molecule has 9 heteroatoms. The monoisotopic (exact) mass is 406 g/mol. The summed E-state index contributed by atoms with van der Waals surface area (Å²) in [6, 6.07) is 12.3. The molecule has 3 aromatic rings. The number of carbonyl (C=O) groups is 1. The summed E-state index contributed by atoms with van der Waals surface area (Å²) in [6.07, 6.45) is -4.54. The van der Waals surface area contributed by atoms with Crippen LogP contribution in [0.4, 0.5) is 24.7 Å². The topological polar surface area (TPSA) is 66.9 Å². The van der Waals surface area contributed by atoms with E-state index in [-0.39, 0.29) is 11.4 Å². The normalized spacial score (nSPS) is 11.4. The van der Waals surface area contributed by atoms with Crippen molar-refractivity contribution >= 4 is 40.1 Å². The lowest BCUT2D eigenvalue weighted by molar-refractivity contribution is -0.137. The number of amides is 1. The van der Waals surface area contributed by atoms with Crippen molar-refractivity contribution in [3.63, 3.8) is 0 Å². The average molecular weight is 406 g/mol. The SMILES string of the molecule is CCNc1nc(SCC(=O)Nc2ccccc2C(F)(F)F)nc2ccccc12. The Morgan fingerprint density at radius 1 is 1.07 bits per heavy atom. The Kier molecular flexibility index (Phi) is 6.03. The Hall–Kier alpha value is -2.81. The third-order valence-electron chi connectivity index (χ3n) is 3.77. The molecule has 0 bridgehead atoms. The molecule has 1 aromatic heterocycles. The van der Waals surface area contributed by atoms with Crippen molar-refractivity contribution in [2.75, 3.05) is 22.9 Å². The third kappa shape index (κ3) is 4.72. The molecule has 0 aliphatic heterocycles. The highest BCUT2D eigenvalue weighted by Crippen LogP contribution is 2.34. The van der Waals surface area contributed by atoms with E-state index in [4.69, 9.17) is 0 Å². The van der Waals surface area contributed by atoms with Crippen molar-refractivity contribution in [2.45, 2.75) is 18.3 Å². The number of hydrogen-bond donors (Lipinski definition) is 2. The number of hydrogen-bond acceptors (Lipinski definition) is 5. The van der Waals surface area contributed by atoms with Gasteiger partial charge in [0.25, 0.3) is 0 Å². The van der Waals surface area contributed by atoms with Crippen LogP contribution in [0, 0.1) is 0 Å². The first-order valence-electron chi connectivity index (χ1n) is 8.48. The van der Waals surface area contributed by atoms with Crippen LogP contribution in [0.25, 0.3) is 10.9 Å². The van der Waals surface area contributed by atoms with Gasteiger partial charge in [-0.15, -0.1) is 0 Å². The molecule has 0 saturated heterocycles. The number of benzene rings is 2. The maximum atomic E-state index is 13.0. The fraction of sp³-hybridized carbons (Fsp3) is 0.211. The molecular formula is C19H17F3N4OS. The molecule has 0 unspecified atom stereocenters. The fourth-order valence-corrected chi connectivity index (χ4v) is 3.23. The Balaban J connectivity index is 1.73. The number of fused-ring (bicyclic) bond motifs is 1. The number of anilines is 2. The van der Waals surface area contributed by atoms with Crippen molar-refractivity contribution in [1.29, 1.82) is 0 Å². The van der Waals surface area contributed by atoms with Crippen molar-refractivity contribution in [2.24, 2.45) is 0 Å². The molecule has 0 spiro atoms. The second-order valence-electron chi connectivity index (χ2n) is 5.78. The summed E-state index contributed by atoms with van der Waals surface area (Å²) in [6.45, 7) is 2.61. The van der Waals surface area contributed by atoms with E-state index in [0.29, 0.717) is 17.5 Å². The van der Waals surface area contributed by atoms with Gasteiger partial charge in [0.2, 0.25) is 5.91 Å². The molecule has 146 valence electrons. The van der Waals surface area contributed by atoms with E-state index in [1.165, 1.54) is 18.2 Å². The minimum Gasteiger partial charge on any atom is -0.370 e. The van der Waals surface area contributed by atoms with E-state index in [1.54, 1.807) is 0 Å². The van der Waals surface area contributed by atoms with E-state index < -0.39 is 17.6 Å². The molecule has 0 aliphatic carbocycles. The number of para-hydroxylation sites is 2. The number of nitrogens with one attached hydrogen (secondary N) is 2. The first-order valence-corrected chi connectivity index (χ1v) is 9.46. The number of aromatic nitrogens is 2. The number of nitrogens with zero attached hydrogens (tertiary/aromatic N) is 2. The van der Waals surface area contributed by atoms with Crippen LogP contribution in [0.3, 0.4) is 0 Å². The minimum absolute atomic E-state index is 0.115. The van der Waals surface area contributed by atoms with Crippen LogP contribution >= 0.6 is 11.8 Å². The highest BCUT2D eigenvalue weighted by molar-refractivity contribution is 7.99. The largest absolute Gasteiger partial charge is 0.418 e. The predicted octanol–water partition coefficient (Wildman–Crippen LogP) is 4.81. The van der Waals surface area contributed by atoms with E-state index in [1.807, 2.05) is 31.2 Å². The third-order valence-corrected chi connectivity index (χ3v) is 4.61. The maximum absolute atomic E-state index is 13.0. The van der Waals surface area contributed by atoms with Crippen LogP contribution in [0.15, 0.2) is 53.7 Å². The van der Waals surface area contributed by atoms with Crippen LogP contribution in [-0.4, -0.2) is 28.2 Å². The van der Waals surface area contributed by atoms with Crippen molar-refractivity contribution in [1.82, 2.24) is 9.97 Å². The van der Waals surface area contributed by atoms with E-state index >= 15 is 0 Å². The number of alkyl halides is 3.